The second kappa shape index (κ2) is 3.89. The van der Waals surface area contributed by atoms with Gasteiger partial charge >= 0.3 is 0 Å². The van der Waals surface area contributed by atoms with Gasteiger partial charge in [-0.2, -0.15) is 10.1 Å². The van der Waals surface area contributed by atoms with Crippen molar-refractivity contribution in [1.82, 2.24) is 0 Å². The zero-order chi connectivity index (χ0) is 10.1. The zero-order valence-electron chi connectivity index (χ0n) is 7.01. The maximum atomic E-state index is 9.00. The minimum atomic E-state index is 0.482. The summed E-state index contributed by atoms with van der Waals surface area (Å²) in [6.07, 6.45) is 0.699. The van der Waals surface area contributed by atoms with E-state index in [-0.39, 0.29) is 0 Å². The number of hydrogen-bond acceptors (Lipinski definition) is 3. The highest BCUT2D eigenvalue weighted by Gasteiger charge is 2.20. The van der Waals surface area contributed by atoms with Crippen LogP contribution in [0.5, 0.6) is 5.75 Å². The van der Waals surface area contributed by atoms with Crippen LogP contribution in [0.3, 0.4) is 0 Å². The smallest absolute Gasteiger partial charge is 0.171 e. The molecule has 0 amide bonds. The van der Waals surface area contributed by atoms with Gasteiger partial charge in [-0.15, -0.1) is 0 Å². The molecule has 3 nitrogen and oxygen atoms in total. The second-order valence-corrected chi connectivity index (χ2v) is 4.44. The summed E-state index contributed by atoms with van der Waals surface area (Å²) in [5, 5.41) is 9.00. The molecule has 0 N–H and O–H groups in total. The number of nitrogens with zero attached hydrogens (tertiary/aromatic N) is 1. The Kier molecular flexibility index (Phi) is 2.77. The van der Waals surface area contributed by atoms with Gasteiger partial charge < -0.3 is 4.89 Å². The van der Waals surface area contributed by atoms with Crippen LogP contribution in [-0.2, 0) is 11.3 Å². The summed E-state index contributed by atoms with van der Waals surface area (Å²) in [6, 6.07) is 3.94. The molecule has 0 atom stereocenters. The Morgan fingerprint density at radius 1 is 1.43 bits per heavy atom. The zero-order valence-corrected chi connectivity index (χ0v) is 10.2. The fourth-order valence-electron chi connectivity index (χ4n) is 1.33. The summed E-state index contributed by atoms with van der Waals surface area (Å²) < 4.78 is 1.56. The van der Waals surface area contributed by atoms with E-state index < -0.39 is 0 Å². The van der Waals surface area contributed by atoms with E-state index >= 15 is 0 Å². The van der Waals surface area contributed by atoms with Gasteiger partial charge in [0.2, 0.25) is 0 Å². The Bertz CT molecular complexity index is 426. The minimum Gasteiger partial charge on any atom is -0.337 e. The van der Waals surface area contributed by atoms with Crippen molar-refractivity contribution in [3.63, 3.8) is 0 Å². The summed E-state index contributed by atoms with van der Waals surface area (Å²) in [7, 11) is 0. The molecule has 1 aliphatic heterocycles. The molecule has 0 saturated carbocycles. The van der Waals surface area contributed by atoms with Gasteiger partial charge in [-0.1, -0.05) is 0 Å². The lowest BCUT2D eigenvalue weighted by Crippen LogP contribution is -2.12. The lowest BCUT2D eigenvalue weighted by atomic mass is 10.0. The second-order valence-electron chi connectivity index (χ2n) is 2.79. The Morgan fingerprint density at radius 3 is 2.93 bits per heavy atom. The third-order valence-electron chi connectivity index (χ3n) is 1.98. The van der Waals surface area contributed by atoms with Crippen molar-refractivity contribution in [3.8, 4) is 11.8 Å². The first-order valence-electron chi connectivity index (χ1n) is 3.94. The Labute approximate surface area is 97.8 Å². The highest BCUT2D eigenvalue weighted by atomic mass is 79.9. The molecule has 0 unspecified atom stereocenters. The highest BCUT2D eigenvalue weighted by Crippen LogP contribution is 2.37. The molecule has 0 radical (unpaired) electrons. The van der Waals surface area contributed by atoms with Crippen LogP contribution in [0.4, 0.5) is 0 Å². The molecule has 0 bridgehead atoms. The molecule has 5 heteroatoms. The number of nitriles is 1. The van der Waals surface area contributed by atoms with E-state index in [1.807, 2.05) is 0 Å². The predicted octanol–water partition coefficient (Wildman–Crippen LogP) is 2.95. The van der Waals surface area contributed by atoms with Crippen molar-refractivity contribution in [2.24, 2.45) is 0 Å². The van der Waals surface area contributed by atoms with Gasteiger partial charge in [-0.25, -0.2) is 0 Å². The average molecular weight is 319 g/mol. The fraction of sp³-hybridized carbons (Fsp3) is 0.222. The molecule has 2 rings (SSSR count). The summed E-state index contributed by atoms with van der Waals surface area (Å²) in [6.45, 7) is 0.482. The number of rotatable bonds is 0. The van der Waals surface area contributed by atoms with Gasteiger partial charge in [0.05, 0.1) is 16.6 Å². The van der Waals surface area contributed by atoms with Crippen molar-refractivity contribution < 1.29 is 9.78 Å². The van der Waals surface area contributed by atoms with Gasteiger partial charge in [0.25, 0.3) is 0 Å². The van der Waals surface area contributed by atoms with E-state index in [9.17, 15) is 0 Å². The molecular weight excluding hydrogens is 314 g/mol. The van der Waals surface area contributed by atoms with Crippen LogP contribution in [0.1, 0.15) is 11.1 Å². The molecule has 0 spiro atoms. The molecule has 1 aromatic rings. The number of benzene rings is 1. The van der Waals surface area contributed by atoms with E-state index in [0.29, 0.717) is 24.3 Å². The van der Waals surface area contributed by atoms with Gasteiger partial charge in [0, 0.05) is 16.5 Å². The van der Waals surface area contributed by atoms with Crippen LogP contribution >= 0.6 is 31.9 Å². The molecular formula is C9H5Br2NO2. The van der Waals surface area contributed by atoms with Gasteiger partial charge in [-0.3, -0.25) is 0 Å². The van der Waals surface area contributed by atoms with Crippen LogP contribution in [0.2, 0.25) is 0 Å². The molecule has 0 aliphatic carbocycles. The first kappa shape index (κ1) is 9.97. The van der Waals surface area contributed by atoms with Crippen molar-refractivity contribution in [3.05, 3.63) is 26.1 Å². The maximum Gasteiger partial charge on any atom is 0.171 e. The standard InChI is InChI=1S/C9H5Br2NO2/c10-7-3-8-5(1-2-13-14-8)6(4-12)9(7)11/h3H,1-2H2. The Hall–Kier alpha value is -0.570. The van der Waals surface area contributed by atoms with Gasteiger partial charge in [0.1, 0.15) is 6.07 Å². The SMILES string of the molecule is N#Cc1c(Br)c(Br)cc2c1CCOO2. The number of halogens is 2. The van der Waals surface area contributed by atoms with Crippen molar-refractivity contribution in [1.29, 1.82) is 5.26 Å². The largest absolute Gasteiger partial charge is 0.337 e. The third-order valence-corrected chi connectivity index (χ3v) is 3.96. The molecule has 1 aromatic carbocycles. The summed E-state index contributed by atoms with van der Waals surface area (Å²) in [5.41, 5.74) is 1.51. The predicted molar refractivity (Wildman–Crippen MR) is 56.8 cm³/mol. The summed E-state index contributed by atoms with van der Waals surface area (Å²) in [5.74, 6) is 0.614. The van der Waals surface area contributed by atoms with E-state index in [1.165, 1.54) is 0 Å². The van der Waals surface area contributed by atoms with Crippen LogP contribution in [-0.4, -0.2) is 6.61 Å². The normalized spacial score (nSPS) is 14.1. The Morgan fingerprint density at radius 2 is 2.21 bits per heavy atom. The van der Waals surface area contributed by atoms with Gasteiger partial charge in [0.15, 0.2) is 5.75 Å². The van der Waals surface area contributed by atoms with E-state index in [0.717, 1.165) is 14.5 Å². The lowest BCUT2D eigenvalue weighted by Gasteiger charge is -2.17. The molecule has 14 heavy (non-hydrogen) atoms. The third kappa shape index (κ3) is 1.54. The van der Waals surface area contributed by atoms with E-state index in [2.05, 4.69) is 37.9 Å². The molecule has 0 saturated heterocycles. The molecule has 1 aliphatic rings. The van der Waals surface area contributed by atoms with E-state index in [4.69, 9.17) is 15.0 Å². The van der Waals surface area contributed by atoms with E-state index in [1.54, 1.807) is 6.07 Å². The molecule has 72 valence electrons. The van der Waals surface area contributed by atoms with Gasteiger partial charge in [-0.05, 0) is 37.9 Å². The quantitative estimate of drug-likeness (QED) is 0.691. The molecule has 0 aromatic heterocycles. The number of hydrogen-bond donors (Lipinski definition) is 0. The fourth-order valence-corrected chi connectivity index (χ4v) is 2.18. The highest BCUT2D eigenvalue weighted by molar-refractivity contribution is 9.13. The maximum absolute atomic E-state index is 9.00. The lowest BCUT2D eigenvalue weighted by molar-refractivity contribution is -0.215. The summed E-state index contributed by atoms with van der Waals surface area (Å²) in [4.78, 5) is 9.84. The first-order valence-corrected chi connectivity index (χ1v) is 5.53. The van der Waals surface area contributed by atoms with Crippen molar-refractivity contribution >= 4 is 31.9 Å². The monoisotopic (exact) mass is 317 g/mol. The van der Waals surface area contributed by atoms with Crippen LogP contribution in [0, 0.1) is 11.3 Å². The van der Waals surface area contributed by atoms with Crippen molar-refractivity contribution in [2.75, 3.05) is 6.61 Å². The van der Waals surface area contributed by atoms with Crippen LogP contribution in [0.15, 0.2) is 15.0 Å². The molecule has 1 heterocycles. The van der Waals surface area contributed by atoms with Crippen LogP contribution < -0.4 is 4.89 Å². The van der Waals surface area contributed by atoms with Crippen molar-refractivity contribution in [2.45, 2.75) is 6.42 Å². The Balaban J connectivity index is 2.67. The summed E-state index contributed by atoms with van der Waals surface area (Å²) >= 11 is 6.69. The van der Waals surface area contributed by atoms with Crippen LogP contribution in [0.25, 0.3) is 0 Å². The average Bonchev–Trinajstić information content (AvgIpc) is 2.20. The number of fused-ring (bicyclic) bond motifs is 1. The minimum absolute atomic E-state index is 0.482. The molecule has 0 fully saturated rings. The topological polar surface area (TPSA) is 42.2 Å². The first-order chi connectivity index (χ1) is 6.74.